The molecule has 0 aromatic heterocycles. The first kappa shape index (κ1) is 16.1. The normalized spacial score (nSPS) is 21.9. The van der Waals surface area contributed by atoms with Crippen molar-refractivity contribution in [3.05, 3.63) is 35.9 Å². The minimum absolute atomic E-state index is 0.483. The molecule has 0 heterocycles. The molecule has 0 heteroatoms. The molecule has 1 aromatic carbocycles. The van der Waals surface area contributed by atoms with Crippen LogP contribution in [-0.4, -0.2) is 0 Å². The van der Waals surface area contributed by atoms with Crippen LogP contribution in [0.5, 0.6) is 0 Å². The zero-order valence-corrected chi connectivity index (χ0v) is 14.5. The summed E-state index contributed by atoms with van der Waals surface area (Å²) >= 11 is 0. The third-order valence-electron chi connectivity index (χ3n) is 6.64. The summed E-state index contributed by atoms with van der Waals surface area (Å²) in [5.74, 6) is 1.87. The van der Waals surface area contributed by atoms with Crippen molar-refractivity contribution in [3.63, 3.8) is 0 Å². The van der Waals surface area contributed by atoms with Crippen LogP contribution in [0.15, 0.2) is 30.3 Å². The average Bonchev–Trinajstić information content (AvgIpc) is 2.62. The van der Waals surface area contributed by atoms with Crippen molar-refractivity contribution in [2.24, 2.45) is 11.8 Å². The summed E-state index contributed by atoms with van der Waals surface area (Å²) in [5.41, 5.74) is 2.16. The van der Waals surface area contributed by atoms with E-state index in [1.807, 2.05) is 0 Å². The van der Waals surface area contributed by atoms with E-state index in [1.54, 1.807) is 5.56 Å². The van der Waals surface area contributed by atoms with E-state index in [4.69, 9.17) is 0 Å². The summed E-state index contributed by atoms with van der Waals surface area (Å²) in [6.07, 6.45) is 17.5. The number of benzene rings is 1. The van der Waals surface area contributed by atoms with E-state index in [9.17, 15) is 0 Å². The maximum absolute atomic E-state index is 2.46. The van der Waals surface area contributed by atoms with Crippen LogP contribution in [0.2, 0.25) is 0 Å². The highest BCUT2D eigenvalue weighted by Crippen LogP contribution is 2.53. The van der Waals surface area contributed by atoms with Gasteiger partial charge in [0, 0.05) is 5.41 Å². The second kappa shape index (κ2) is 7.66. The highest BCUT2D eigenvalue weighted by molar-refractivity contribution is 5.28. The minimum Gasteiger partial charge on any atom is -0.0654 e. The second-order valence-corrected chi connectivity index (χ2v) is 7.83. The van der Waals surface area contributed by atoms with E-state index in [0.717, 1.165) is 11.8 Å². The molecule has 3 rings (SSSR count). The molecule has 2 aliphatic rings. The van der Waals surface area contributed by atoms with Gasteiger partial charge >= 0.3 is 0 Å². The molecule has 0 bridgehead atoms. The van der Waals surface area contributed by atoms with Gasteiger partial charge in [-0.1, -0.05) is 82.2 Å². The molecule has 0 N–H and O–H groups in total. The highest BCUT2D eigenvalue weighted by atomic mass is 14.5. The summed E-state index contributed by atoms with van der Waals surface area (Å²) in [6.45, 7) is 2.41. The Kier molecular flexibility index (Phi) is 5.61. The van der Waals surface area contributed by atoms with Crippen molar-refractivity contribution in [2.75, 3.05) is 0 Å². The van der Waals surface area contributed by atoms with Gasteiger partial charge in [-0.15, -0.1) is 0 Å². The molecule has 2 aliphatic carbocycles. The maximum atomic E-state index is 2.46. The molecule has 0 nitrogen and oxygen atoms in total. The predicted molar refractivity (Wildman–Crippen MR) is 96.2 cm³/mol. The zero-order chi connectivity index (χ0) is 15.3. The van der Waals surface area contributed by atoms with Crippen molar-refractivity contribution in [2.45, 2.75) is 89.4 Å². The average molecular weight is 299 g/mol. The summed E-state index contributed by atoms with van der Waals surface area (Å²) in [4.78, 5) is 0. The lowest BCUT2D eigenvalue weighted by atomic mass is 9.54. The van der Waals surface area contributed by atoms with Gasteiger partial charge in [0.2, 0.25) is 0 Å². The monoisotopic (exact) mass is 298 g/mol. The molecule has 2 fully saturated rings. The Labute approximate surface area is 137 Å². The fraction of sp³-hybridized carbons (Fsp3) is 0.727. The van der Waals surface area contributed by atoms with Crippen LogP contribution in [0.1, 0.15) is 89.5 Å². The molecule has 1 aromatic rings. The molecular formula is C22H34. The minimum atomic E-state index is 0.483. The van der Waals surface area contributed by atoms with E-state index in [-0.39, 0.29) is 0 Å². The molecule has 122 valence electrons. The van der Waals surface area contributed by atoms with Crippen LogP contribution >= 0.6 is 0 Å². The molecule has 0 spiro atoms. The van der Waals surface area contributed by atoms with Crippen molar-refractivity contribution < 1.29 is 0 Å². The third-order valence-corrected chi connectivity index (χ3v) is 6.64. The standard InChI is InChI=1S/C22H34/c1-2-18-22(19-12-6-3-7-13-19,20-14-8-4-9-15-20)21-16-10-5-11-17-21/h3,6-7,12-13,20-21H,2,4-5,8-11,14-18H2,1H3. The smallest absolute Gasteiger partial charge is 0.000935 e. The Morgan fingerprint density at radius 2 is 1.27 bits per heavy atom. The van der Waals surface area contributed by atoms with Crippen molar-refractivity contribution in [1.29, 1.82) is 0 Å². The molecule has 0 amide bonds. The number of hydrogen-bond donors (Lipinski definition) is 0. The lowest BCUT2D eigenvalue weighted by Gasteiger charge is -2.50. The maximum Gasteiger partial charge on any atom is 0.000935 e. The van der Waals surface area contributed by atoms with Crippen LogP contribution in [0.4, 0.5) is 0 Å². The van der Waals surface area contributed by atoms with Gasteiger partial charge in [0.1, 0.15) is 0 Å². The summed E-state index contributed by atoms with van der Waals surface area (Å²) in [7, 11) is 0. The number of rotatable bonds is 5. The zero-order valence-electron chi connectivity index (χ0n) is 14.5. The van der Waals surface area contributed by atoms with Crippen molar-refractivity contribution >= 4 is 0 Å². The second-order valence-electron chi connectivity index (χ2n) is 7.83. The van der Waals surface area contributed by atoms with Crippen LogP contribution in [0.3, 0.4) is 0 Å². The van der Waals surface area contributed by atoms with E-state index < -0.39 is 0 Å². The van der Waals surface area contributed by atoms with E-state index >= 15 is 0 Å². The van der Waals surface area contributed by atoms with Gasteiger partial charge < -0.3 is 0 Å². The van der Waals surface area contributed by atoms with Gasteiger partial charge in [-0.2, -0.15) is 0 Å². The summed E-state index contributed by atoms with van der Waals surface area (Å²) in [6, 6.07) is 11.7. The molecule has 0 atom stereocenters. The molecule has 0 saturated heterocycles. The first-order valence-corrected chi connectivity index (χ1v) is 9.93. The van der Waals surface area contributed by atoms with Gasteiger partial charge in [-0.05, 0) is 49.5 Å². The Morgan fingerprint density at radius 1 is 0.773 bits per heavy atom. The quantitative estimate of drug-likeness (QED) is 0.555. The number of hydrogen-bond acceptors (Lipinski definition) is 0. The lowest BCUT2D eigenvalue weighted by Crippen LogP contribution is -2.44. The van der Waals surface area contributed by atoms with Gasteiger partial charge in [0.05, 0.1) is 0 Å². The van der Waals surface area contributed by atoms with Crippen LogP contribution < -0.4 is 0 Å². The topological polar surface area (TPSA) is 0 Å². The van der Waals surface area contributed by atoms with Gasteiger partial charge in [-0.25, -0.2) is 0 Å². The molecular weight excluding hydrogens is 264 g/mol. The van der Waals surface area contributed by atoms with Crippen LogP contribution in [0, 0.1) is 11.8 Å². The van der Waals surface area contributed by atoms with Crippen LogP contribution in [-0.2, 0) is 5.41 Å². The SMILES string of the molecule is CCCC(c1ccccc1)(C1CCCCC1)C1CCCCC1. The van der Waals surface area contributed by atoms with Crippen molar-refractivity contribution in [1.82, 2.24) is 0 Å². The molecule has 0 aliphatic heterocycles. The van der Waals surface area contributed by atoms with E-state index in [2.05, 4.69) is 37.3 Å². The molecule has 0 radical (unpaired) electrons. The molecule has 0 unspecified atom stereocenters. The Bertz CT molecular complexity index is 403. The Balaban J connectivity index is 2.00. The Hall–Kier alpha value is -0.780. The largest absolute Gasteiger partial charge is 0.0654 e. The molecule has 22 heavy (non-hydrogen) atoms. The summed E-state index contributed by atoms with van der Waals surface area (Å²) in [5, 5.41) is 0. The Morgan fingerprint density at radius 3 is 1.73 bits per heavy atom. The van der Waals surface area contributed by atoms with Gasteiger partial charge in [0.15, 0.2) is 0 Å². The summed E-state index contributed by atoms with van der Waals surface area (Å²) < 4.78 is 0. The van der Waals surface area contributed by atoms with Crippen LogP contribution in [0.25, 0.3) is 0 Å². The van der Waals surface area contributed by atoms with Gasteiger partial charge in [-0.3, -0.25) is 0 Å². The van der Waals surface area contributed by atoms with E-state index in [0.29, 0.717) is 5.41 Å². The first-order valence-electron chi connectivity index (χ1n) is 9.93. The fourth-order valence-corrected chi connectivity index (χ4v) is 5.75. The first-order chi connectivity index (χ1) is 10.9. The van der Waals surface area contributed by atoms with E-state index in [1.165, 1.54) is 77.0 Å². The molecule has 2 saturated carbocycles. The predicted octanol–water partition coefficient (Wildman–Crippen LogP) is 6.89. The highest BCUT2D eigenvalue weighted by Gasteiger charge is 2.45. The fourth-order valence-electron chi connectivity index (χ4n) is 5.75. The van der Waals surface area contributed by atoms with Crippen molar-refractivity contribution in [3.8, 4) is 0 Å². The third kappa shape index (κ3) is 3.12. The lowest BCUT2D eigenvalue weighted by molar-refractivity contribution is 0.0887. The van der Waals surface area contributed by atoms with Gasteiger partial charge in [0.25, 0.3) is 0 Å².